The van der Waals surface area contributed by atoms with Gasteiger partial charge in [-0.15, -0.1) is 0 Å². The summed E-state index contributed by atoms with van der Waals surface area (Å²) in [5.74, 6) is 0.0250. The van der Waals surface area contributed by atoms with Gasteiger partial charge in [0.1, 0.15) is 10.8 Å². The minimum absolute atomic E-state index is 0.0230. The molecule has 1 atom stereocenters. The maximum atomic E-state index is 13.5. The number of halogens is 1. The fourth-order valence-electron chi connectivity index (χ4n) is 2.37. The van der Waals surface area contributed by atoms with E-state index in [0.717, 1.165) is 25.9 Å². The highest BCUT2D eigenvalue weighted by Crippen LogP contribution is 2.18. The summed E-state index contributed by atoms with van der Waals surface area (Å²) in [6.45, 7) is 3.62. The van der Waals surface area contributed by atoms with Gasteiger partial charge in [-0.1, -0.05) is 19.1 Å². The third-order valence-electron chi connectivity index (χ3n) is 3.43. The van der Waals surface area contributed by atoms with Gasteiger partial charge in [-0.3, -0.25) is 0 Å². The molecule has 1 aliphatic heterocycles. The van der Waals surface area contributed by atoms with E-state index in [1.165, 1.54) is 18.2 Å². The first-order valence-electron chi connectivity index (χ1n) is 6.62. The van der Waals surface area contributed by atoms with E-state index in [0.29, 0.717) is 11.6 Å². The minimum Gasteiger partial charge on any atom is -0.389 e. The second kappa shape index (κ2) is 6.17. The molecule has 2 rings (SSSR count). The molecular formula is C14H18FN3OS. The van der Waals surface area contributed by atoms with Crippen LogP contribution in [0.2, 0.25) is 0 Å². The Morgan fingerprint density at radius 1 is 1.55 bits per heavy atom. The van der Waals surface area contributed by atoms with Crippen molar-refractivity contribution < 1.29 is 9.18 Å². The zero-order valence-electron chi connectivity index (χ0n) is 11.4. The van der Waals surface area contributed by atoms with Gasteiger partial charge in [-0.2, -0.15) is 0 Å². The SMILES string of the molecule is CC1CCCN(C(=O)Nc2ccc(F)c(C(N)=S)c2)C1. The number of anilines is 1. The van der Waals surface area contributed by atoms with Crippen molar-refractivity contribution >= 4 is 28.9 Å². The van der Waals surface area contributed by atoms with Gasteiger partial charge in [-0.25, -0.2) is 9.18 Å². The topological polar surface area (TPSA) is 58.4 Å². The van der Waals surface area contributed by atoms with Crippen LogP contribution in [0, 0.1) is 11.7 Å². The normalized spacial score (nSPS) is 18.7. The van der Waals surface area contributed by atoms with Crippen LogP contribution in [0.15, 0.2) is 18.2 Å². The minimum atomic E-state index is -0.484. The van der Waals surface area contributed by atoms with Crippen molar-refractivity contribution in [1.82, 2.24) is 4.90 Å². The smallest absolute Gasteiger partial charge is 0.321 e. The van der Waals surface area contributed by atoms with E-state index in [1.54, 1.807) is 4.90 Å². The summed E-state index contributed by atoms with van der Waals surface area (Å²) in [5.41, 5.74) is 6.08. The van der Waals surface area contributed by atoms with E-state index < -0.39 is 5.82 Å². The molecule has 0 saturated carbocycles. The predicted molar refractivity (Wildman–Crippen MR) is 81.3 cm³/mol. The molecule has 1 unspecified atom stereocenters. The number of nitrogens with one attached hydrogen (secondary N) is 1. The standard InChI is InChI=1S/C14H18FN3OS/c1-9-3-2-6-18(8-9)14(19)17-10-4-5-12(15)11(7-10)13(16)20/h4-5,7,9H,2-3,6,8H2,1H3,(H2,16,20)(H,17,19). The lowest BCUT2D eigenvalue weighted by molar-refractivity contribution is 0.182. The maximum absolute atomic E-state index is 13.5. The third-order valence-corrected chi connectivity index (χ3v) is 3.65. The Balaban J connectivity index is 2.07. The molecule has 3 N–H and O–H groups in total. The van der Waals surface area contributed by atoms with E-state index in [1.807, 2.05) is 0 Å². The second-order valence-electron chi connectivity index (χ2n) is 5.18. The van der Waals surface area contributed by atoms with Gasteiger partial charge in [0.25, 0.3) is 0 Å². The van der Waals surface area contributed by atoms with Crippen LogP contribution in [-0.2, 0) is 0 Å². The number of thiocarbonyl (C=S) groups is 1. The van der Waals surface area contributed by atoms with Crippen LogP contribution in [0.1, 0.15) is 25.3 Å². The summed E-state index contributed by atoms with van der Waals surface area (Å²) in [7, 11) is 0. The maximum Gasteiger partial charge on any atom is 0.321 e. The molecule has 1 saturated heterocycles. The van der Waals surface area contributed by atoms with Gasteiger partial charge >= 0.3 is 6.03 Å². The summed E-state index contributed by atoms with van der Waals surface area (Å²) in [4.78, 5) is 13.9. The molecule has 0 spiro atoms. The van der Waals surface area contributed by atoms with Crippen molar-refractivity contribution in [1.29, 1.82) is 0 Å². The molecule has 6 heteroatoms. The van der Waals surface area contributed by atoms with Crippen molar-refractivity contribution in [3.63, 3.8) is 0 Å². The lowest BCUT2D eigenvalue weighted by Crippen LogP contribution is -2.41. The van der Waals surface area contributed by atoms with Crippen LogP contribution in [0.25, 0.3) is 0 Å². The Bertz CT molecular complexity index is 535. The summed E-state index contributed by atoms with van der Waals surface area (Å²) in [6.07, 6.45) is 2.15. The molecule has 0 radical (unpaired) electrons. The van der Waals surface area contributed by atoms with Crippen molar-refractivity contribution in [2.75, 3.05) is 18.4 Å². The molecule has 1 aliphatic rings. The number of hydrogen-bond donors (Lipinski definition) is 2. The van der Waals surface area contributed by atoms with Crippen molar-refractivity contribution in [2.45, 2.75) is 19.8 Å². The molecule has 20 heavy (non-hydrogen) atoms. The summed E-state index contributed by atoms with van der Waals surface area (Å²) < 4.78 is 13.5. The van der Waals surface area contributed by atoms with Crippen LogP contribution in [0.3, 0.4) is 0 Å². The summed E-state index contributed by atoms with van der Waals surface area (Å²) in [6, 6.07) is 4.05. The molecule has 4 nitrogen and oxygen atoms in total. The first-order valence-corrected chi connectivity index (χ1v) is 7.03. The number of nitrogens with two attached hydrogens (primary N) is 1. The first-order chi connectivity index (χ1) is 9.47. The van der Waals surface area contributed by atoms with E-state index in [4.69, 9.17) is 18.0 Å². The summed E-state index contributed by atoms with van der Waals surface area (Å²) in [5, 5.41) is 2.76. The van der Waals surface area contributed by atoms with E-state index >= 15 is 0 Å². The molecule has 1 fully saturated rings. The number of rotatable bonds is 2. The highest BCUT2D eigenvalue weighted by atomic mass is 32.1. The average Bonchev–Trinajstić information content (AvgIpc) is 2.40. The molecular weight excluding hydrogens is 277 g/mol. The van der Waals surface area contributed by atoms with Gasteiger partial charge in [0.2, 0.25) is 0 Å². The Hall–Kier alpha value is -1.69. The number of carbonyl (C=O) groups is 1. The van der Waals surface area contributed by atoms with E-state index in [2.05, 4.69) is 12.2 Å². The highest BCUT2D eigenvalue weighted by molar-refractivity contribution is 7.80. The van der Waals surface area contributed by atoms with E-state index in [-0.39, 0.29) is 16.6 Å². The first kappa shape index (κ1) is 14.7. The number of piperidine rings is 1. The Kier molecular flexibility index (Phi) is 4.54. The molecule has 0 bridgehead atoms. The second-order valence-corrected chi connectivity index (χ2v) is 5.62. The Morgan fingerprint density at radius 2 is 2.30 bits per heavy atom. The highest BCUT2D eigenvalue weighted by Gasteiger charge is 2.21. The van der Waals surface area contributed by atoms with Crippen molar-refractivity contribution in [3.8, 4) is 0 Å². The van der Waals surface area contributed by atoms with Crippen molar-refractivity contribution in [2.24, 2.45) is 11.7 Å². The van der Waals surface area contributed by atoms with Crippen LogP contribution >= 0.6 is 12.2 Å². The van der Waals surface area contributed by atoms with Crippen LogP contribution in [0.5, 0.6) is 0 Å². The fraction of sp³-hybridized carbons (Fsp3) is 0.429. The molecule has 1 aromatic carbocycles. The zero-order valence-corrected chi connectivity index (χ0v) is 12.2. The van der Waals surface area contributed by atoms with E-state index in [9.17, 15) is 9.18 Å². The number of likely N-dealkylation sites (tertiary alicyclic amines) is 1. The predicted octanol–water partition coefficient (Wildman–Crippen LogP) is 2.72. The molecule has 2 amide bonds. The van der Waals surface area contributed by atoms with Gasteiger partial charge in [0, 0.05) is 24.3 Å². The Morgan fingerprint density at radius 3 is 2.95 bits per heavy atom. The number of benzene rings is 1. The lowest BCUT2D eigenvalue weighted by Gasteiger charge is -2.31. The monoisotopic (exact) mass is 295 g/mol. The van der Waals surface area contributed by atoms with Crippen LogP contribution < -0.4 is 11.1 Å². The van der Waals surface area contributed by atoms with Gasteiger partial charge in [0.05, 0.1) is 0 Å². The fourth-order valence-corrected chi connectivity index (χ4v) is 2.52. The summed E-state index contributed by atoms with van der Waals surface area (Å²) >= 11 is 4.78. The largest absolute Gasteiger partial charge is 0.389 e. The molecule has 0 aromatic heterocycles. The van der Waals surface area contributed by atoms with Gasteiger partial charge < -0.3 is 16.0 Å². The number of nitrogens with zero attached hydrogens (tertiary/aromatic N) is 1. The third kappa shape index (κ3) is 3.45. The quantitative estimate of drug-likeness (QED) is 0.825. The Labute approximate surface area is 123 Å². The number of hydrogen-bond acceptors (Lipinski definition) is 2. The van der Waals surface area contributed by atoms with Crippen LogP contribution in [0.4, 0.5) is 14.9 Å². The van der Waals surface area contributed by atoms with Gasteiger partial charge in [0.15, 0.2) is 0 Å². The number of amides is 2. The number of carbonyl (C=O) groups excluding carboxylic acids is 1. The molecule has 108 valence electrons. The van der Waals surface area contributed by atoms with Crippen LogP contribution in [-0.4, -0.2) is 29.0 Å². The van der Waals surface area contributed by atoms with Crippen molar-refractivity contribution in [3.05, 3.63) is 29.6 Å². The van der Waals surface area contributed by atoms with Gasteiger partial charge in [-0.05, 0) is 37.0 Å². The molecule has 1 heterocycles. The lowest BCUT2D eigenvalue weighted by atomic mass is 10.0. The zero-order chi connectivity index (χ0) is 14.7. The molecule has 1 aromatic rings. The molecule has 0 aliphatic carbocycles. The number of urea groups is 1. The average molecular weight is 295 g/mol.